The lowest BCUT2D eigenvalue weighted by atomic mass is 10.2. The molecule has 1 amide bonds. The molecule has 24 heavy (non-hydrogen) atoms. The van der Waals surface area contributed by atoms with E-state index in [4.69, 9.17) is 9.84 Å². The fourth-order valence-corrected chi connectivity index (χ4v) is 1.89. The van der Waals surface area contributed by atoms with Crippen LogP contribution in [0.1, 0.15) is 18.3 Å². The number of aliphatic carboxylic acids is 1. The van der Waals surface area contributed by atoms with Crippen molar-refractivity contribution in [2.24, 2.45) is 0 Å². The van der Waals surface area contributed by atoms with Gasteiger partial charge in [-0.05, 0) is 51.1 Å². The van der Waals surface area contributed by atoms with E-state index in [1.54, 1.807) is 24.3 Å². The number of ether oxygens (including phenoxy) is 1. The van der Waals surface area contributed by atoms with Crippen LogP contribution < -0.4 is 10.1 Å². The summed E-state index contributed by atoms with van der Waals surface area (Å²) >= 11 is 0. The molecule has 0 radical (unpaired) electrons. The minimum absolute atomic E-state index is 0.0422. The van der Waals surface area contributed by atoms with E-state index in [0.29, 0.717) is 11.4 Å². The van der Waals surface area contributed by atoms with E-state index in [9.17, 15) is 9.59 Å². The van der Waals surface area contributed by atoms with Gasteiger partial charge in [0.05, 0.1) is 0 Å². The summed E-state index contributed by atoms with van der Waals surface area (Å²) in [6, 6.07) is 8.69. The zero-order chi connectivity index (χ0) is 17.7. The molecule has 2 aromatic rings. The highest BCUT2D eigenvalue weighted by Crippen LogP contribution is 2.21. The van der Waals surface area contributed by atoms with Crippen molar-refractivity contribution in [1.29, 1.82) is 0 Å². The van der Waals surface area contributed by atoms with Gasteiger partial charge >= 0.3 is 12.0 Å². The van der Waals surface area contributed by atoms with E-state index in [1.165, 1.54) is 6.92 Å². The minimum atomic E-state index is -1.14. The second-order valence-corrected chi connectivity index (χ2v) is 5.18. The van der Waals surface area contributed by atoms with Gasteiger partial charge in [0.15, 0.2) is 0 Å². The van der Waals surface area contributed by atoms with Gasteiger partial charge in [0, 0.05) is 28.7 Å². The predicted octanol–water partition coefficient (Wildman–Crippen LogP) is 2.86. The van der Waals surface area contributed by atoms with Crippen molar-refractivity contribution < 1.29 is 19.4 Å². The molecule has 0 spiro atoms. The normalized spacial score (nSPS) is 11.0. The van der Waals surface area contributed by atoms with Gasteiger partial charge in [0.2, 0.25) is 5.91 Å². The largest absolute Gasteiger partial charge is 0.478 e. The van der Waals surface area contributed by atoms with Crippen LogP contribution in [0.25, 0.3) is 0 Å². The van der Waals surface area contributed by atoms with Crippen molar-refractivity contribution in [2.75, 3.05) is 5.32 Å². The van der Waals surface area contributed by atoms with Crippen molar-refractivity contribution in [3.63, 3.8) is 0 Å². The molecule has 0 aliphatic heterocycles. The van der Waals surface area contributed by atoms with Gasteiger partial charge in [-0.15, -0.1) is 0 Å². The van der Waals surface area contributed by atoms with E-state index in [2.05, 4.69) is 15.3 Å². The van der Waals surface area contributed by atoms with Crippen LogP contribution in [0.4, 0.5) is 5.69 Å². The number of nitrogens with zero attached hydrogens (tertiary/aromatic N) is 2. The predicted molar refractivity (Wildman–Crippen MR) is 88.0 cm³/mol. The molecule has 0 bridgehead atoms. The Labute approximate surface area is 139 Å². The summed E-state index contributed by atoms with van der Waals surface area (Å²) in [6.07, 6.45) is 1.02. The number of carboxylic acid groups (broad SMARTS) is 1. The molecule has 0 fully saturated rings. The quantitative estimate of drug-likeness (QED) is 0.819. The number of rotatable bonds is 5. The number of aromatic nitrogens is 2. The molecular formula is C17H17N3O4. The van der Waals surface area contributed by atoms with E-state index < -0.39 is 11.9 Å². The summed E-state index contributed by atoms with van der Waals surface area (Å²) in [5, 5.41) is 11.3. The third-order valence-electron chi connectivity index (χ3n) is 2.98. The Morgan fingerprint density at radius 1 is 1.12 bits per heavy atom. The summed E-state index contributed by atoms with van der Waals surface area (Å²) in [4.78, 5) is 30.7. The fraction of sp³-hybridized carbons (Fsp3) is 0.176. The molecule has 7 nitrogen and oxygen atoms in total. The number of hydrogen-bond donors (Lipinski definition) is 2. The van der Waals surface area contributed by atoms with Gasteiger partial charge in [-0.2, -0.15) is 0 Å². The monoisotopic (exact) mass is 327 g/mol. The first-order valence-electron chi connectivity index (χ1n) is 7.16. The smallest absolute Gasteiger partial charge is 0.331 e. The number of hydrogen-bond acceptors (Lipinski definition) is 5. The number of aryl methyl sites for hydroxylation is 2. The van der Waals surface area contributed by atoms with E-state index in [-0.39, 0.29) is 11.6 Å². The number of anilines is 1. The Morgan fingerprint density at radius 3 is 2.25 bits per heavy atom. The Hall–Kier alpha value is -3.22. The maximum atomic E-state index is 11.7. The fourth-order valence-electron chi connectivity index (χ4n) is 1.89. The van der Waals surface area contributed by atoms with Crippen LogP contribution in [0.2, 0.25) is 0 Å². The molecule has 0 saturated heterocycles. The molecule has 1 aromatic heterocycles. The zero-order valence-corrected chi connectivity index (χ0v) is 13.5. The number of carboxylic acids is 1. The highest BCUT2D eigenvalue weighted by Gasteiger charge is 2.06. The Bertz CT molecular complexity index is 778. The molecule has 0 atom stereocenters. The van der Waals surface area contributed by atoms with E-state index >= 15 is 0 Å². The molecule has 0 saturated carbocycles. The molecule has 1 heterocycles. The molecule has 7 heteroatoms. The lowest BCUT2D eigenvalue weighted by molar-refractivity contribution is -0.132. The molecule has 124 valence electrons. The second kappa shape index (κ2) is 7.36. The lowest BCUT2D eigenvalue weighted by Crippen LogP contribution is -2.10. The number of benzene rings is 1. The zero-order valence-electron chi connectivity index (χ0n) is 13.5. The molecule has 1 aromatic carbocycles. The first-order chi connectivity index (χ1) is 11.3. The van der Waals surface area contributed by atoms with E-state index in [0.717, 1.165) is 17.5 Å². The van der Waals surface area contributed by atoms with Gasteiger partial charge in [-0.1, -0.05) is 0 Å². The van der Waals surface area contributed by atoms with Crippen molar-refractivity contribution >= 4 is 17.6 Å². The van der Waals surface area contributed by atoms with E-state index in [1.807, 2.05) is 19.9 Å². The van der Waals surface area contributed by atoms with Crippen LogP contribution in [0.3, 0.4) is 0 Å². The van der Waals surface area contributed by atoms with Crippen LogP contribution in [0.5, 0.6) is 11.8 Å². The van der Waals surface area contributed by atoms with Crippen LogP contribution >= 0.6 is 0 Å². The van der Waals surface area contributed by atoms with Crippen LogP contribution in [-0.4, -0.2) is 27.0 Å². The van der Waals surface area contributed by atoms with Gasteiger partial charge < -0.3 is 15.2 Å². The standard InChI is InChI=1S/C17H17N3O4/c1-10(16(22)23)8-15(21)20-13-4-6-14(7-5-13)24-17-18-11(2)9-12(3)19-17/h4-9H,1-3H3,(H,20,21)(H,22,23). The van der Waals surface area contributed by atoms with Gasteiger partial charge in [-0.25, -0.2) is 14.8 Å². The molecule has 0 unspecified atom stereocenters. The summed E-state index contributed by atoms with van der Waals surface area (Å²) in [6.45, 7) is 5.06. The average Bonchev–Trinajstić information content (AvgIpc) is 2.48. The van der Waals surface area contributed by atoms with Crippen molar-refractivity contribution in [3.05, 3.63) is 53.4 Å². The maximum Gasteiger partial charge on any atom is 0.331 e. The molecule has 0 aliphatic rings. The molecule has 2 N–H and O–H groups in total. The summed E-state index contributed by atoms with van der Waals surface area (Å²) in [5.74, 6) is -1.13. The van der Waals surface area contributed by atoms with Gasteiger partial charge in [0.25, 0.3) is 0 Å². The van der Waals surface area contributed by atoms with Crippen LogP contribution in [0, 0.1) is 13.8 Å². The third kappa shape index (κ3) is 4.91. The summed E-state index contributed by atoms with van der Waals surface area (Å²) in [7, 11) is 0. The Balaban J connectivity index is 2.04. The van der Waals surface area contributed by atoms with Crippen LogP contribution in [-0.2, 0) is 9.59 Å². The number of nitrogens with one attached hydrogen (secondary N) is 1. The maximum absolute atomic E-state index is 11.7. The van der Waals surface area contributed by atoms with Gasteiger partial charge in [-0.3, -0.25) is 4.79 Å². The highest BCUT2D eigenvalue weighted by molar-refractivity contribution is 6.04. The molecule has 2 rings (SSSR count). The summed E-state index contributed by atoms with van der Waals surface area (Å²) in [5.41, 5.74) is 2.09. The van der Waals surface area contributed by atoms with Crippen molar-refractivity contribution in [1.82, 2.24) is 9.97 Å². The molecule has 0 aliphatic carbocycles. The third-order valence-corrected chi connectivity index (χ3v) is 2.98. The topological polar surface area (TPSA) is 101 Å². The number of amides is 1. The molecular weight excluding hydrogens is 310 g/mol. The van der Waals surface area contributed by atoms with Crippen molar-refractivity contribution in [3.8, 4) is 11.8 Å². The first kappa shape index (κ1) is 17.1. The van der Waals surface area contributed by atoms with Gasteiger partial charge in [0.1, 0.15) is 5.75 Å². The number of carbonyl (C=O) groups excluding carboxylic acids is 1. The minimum Gasteiger partial charge on any atom is -0.478 e. The van der Waals surface area contributed by atoms with Crippen LogP contribution in [0.15, 0.2) is 42.0 Å². The average molecular weight is 327 g/mol. The summed E-state index contributed by atoms with van der Waals surface area (Å²) < 4.78 is 5.57. The van der Waals surface area contributed by atoms with Crippen molar-refractivity contribution in [2.45, 2.75) is 20.8 Å². The SMILES string of the molecule is CC(=CC(=O)Nc1ccc(Oc2nc(C)cc(C)n2)cc1)C(=O)O. The lowest BCUT2D eigenvalue weighted by Gasteiger charge is -2.07. The Morgan fingerprint density at radius 2 is 1.71 bits per heavy atom. The highest BCUT2D eigenvalue weighted by atomic mass is 16.5. The first-order valence-corrected chi connectivity index (χ1v) is 7.16. The number of carbonyl (C=O) groups is 2. The Kier molecular flexibility index (Phi) is 5.26. The second-order valence-electron chi connectivity index (χ2n) is 5.18.